The van der Waals surface area contributed by atoms with Gasteiger partial charge in [0.15, 0.2) is 0 Å². The van der Waals surface area contributed by atoms with Gasteiger partial charge in [-0.25, -0.2) is 0 Å². The molecule has 3 nitrogen and oxygen atoms in total. The SMILES string of the molecule is CC(C)(C)C1CCC(N2CCC(n3cc(C=N)c4ccccc43)CC2)CC1. The van der Waals surface area contributed by atoms with E-state index >= 15 is 0 Å². The molecule has 0 unspecified atom stereocenters. The molecule has 0 radical (unpaired) electrons. The van der Waals surface area contributed by atoms with Gasteiger partial charge in [-0.15, -0.1) is 0 Å². The summed E-state index contributed by atoms with van der Waals surface area (Å²) in [6, 6.07) is 9.94. The van der Waals surface area contributed by atoms with Gasteiger partial charge in [0.2, 0.25) is 0 Å². The topological polar surface area (TPSA) is 32.0 Å². The van der Waals surface area contributed by atoms with Crippen LogP contribution in [0.4, 0.5) is 0 Å². The van der Waals surface area contributed by atoms with E-state index in [0.717, 1.165) is 17.5 Å². The fourth-order valence-electron chi connectivity index (χ4n) is 5.49. The van der Waals surface area contributed by atoms with E-state index in [1.165, 1.54) is 68.7 Å². The maximum atomic E-state index is 7.73. The third-order valence-corrected chi connectivity index (χ3v) is 7.26. The smallest absolute Gasteiger partial charge is 0.0489 e. The predicted octanol–water partition coefficient (Wildman–Crippen LogP) is 5.88. The zero-order chi connectivity index (χ0) is 19.0. The first kappa shape index (κ1) is 18.7. The highest BCUT2D eigenvalue weighted by Crippen LogP contribution is 2.40. The summed E-state index contributed by atoms with van der Waals surface area (Å²) in [4.78, 5) is 2.78. The molecule has 1 aliphatic heterocycles. The standard InChI is InChI=1S/C24H35N3/c1-24(2,3)19-8-10-20(11-9-19)26-14-12-21(13-15-26)27-17-18(16-25)22-6-4-5-7-23(22)27/h4-7,16-17,19-21,25H,8-15H2,1-3H3. The van der Waals surface area contributed by atoms with Crippen molar-refractivity contribution in [2.45, 2.75) is 71.4 Å². The molecule has 2 heterocycles. The van der Waals surface area contributed by atoms with E-state index in [4.69, 9.17) is 5.41 Å². The van der Waals surface area contributed by atoms with Crippen molar-refractivity contribution in [1.82, 2.24) is 9.47 Å². The Morgan fingerprint density at radius 2 is 1.59 bits per heavy atom. The van der Waals surface area contributed by atoms with Crippen LogP contribution in [0.15, 0.2) is 30.5 Å². The van der Waals surface area contributed by atoms with Gasteiger partial charge >= 0.3 is 0 Å². The highest BCUT2D eigenvalue weighted by molar-refractivity contribution is 5.98. The minimum Gasteiger partial charge on any atom is -0.344 e. The van der Waals surface area contributed by atoms with Crippen LogP contribution in [0.2, 0.25) is 0 Å². The molecule has 27 heavy (non-hydrogen) atoms. The molecule has 1 N–H and O–H groups in total. The zero-order valence-electron chi connectivity index (χ0n) is 17.2. The van der Waals surface area contributed by atoms with Crippen molar-refractivity contribution in [1.29, 1.82) is 5.41 Å². The molecule has 2 aliphatic rings. The van der Waals surface area contributed by atoms with Crippen LogP contribution < -0.4 is 0 Å². The van der Waals surface area contributed by atoms with Crippen LogP contribution in [0, 0.1) is 16.7 Å². The van der Waals surface area contributed by atoms with Crippen LogP contribution in [-0.2, 0) is 0 Å². The van der Waals surface area contributed by atoms with Crippen molar-refractivity contribution in [3.63, 3.8) is 0 Å². The van der Waals surface area contributed by atoms with Gasteiger partial charge in [-0.3, -0.25) is 0 Å². The summed E-state index contributed by atoms with van der Waals surface area (Å²) >= 11 is 0. The maximum Gasteiger partial charge on any atom is 0.0489 e. The predicted molar refractivity (Wildman–Crippen MR) is 115 cm³/mol. The summed E-state index contributed by atoms with van der Waals surface area (Å²) in [5.74, 6) is 0.900. The molecule has 3 heteroatoms. The third kappa shape index (κ3) is 3.71. The molecule has 4 rings (SSSR count). The minimum atomic E-state index is 0.472. The minimum absolute atomic E-state index is 0.472. The number of nitrogens with zero attached hydrogens (tertiary/aromatic N) is 2. The molecule has 146 valence electrons. The second-order valence-corrected chi connectivity index (χ2v) is 9.79. The summed E-state index contributed by atoms with van der Waals surface area (Å²) in [6.45, 7) is 9.68. The molecule has 1 aromatic heterocycles. The molecule has 2 aromatic rings. The van der Waals surface area contributed by atoms with Crippen LogP contribution in [-0.4, -0.2) is 34.8 Å². The monoisotopic (exact) mass is 365 g/mol. The summed E-state index contributed by atoms with van der Waals surface area (Å²) in [5.41, 5.74) is 2.81. The van der Waals surface area contributed by atoms with Gasteiger partial charge in [0.05, 0.1) is 0 Å². The van der Waals surface area contributed by atoms with Gasteiger partial charge in [0.1, 0.15) is 0 Å². The number of hydrogen-bond donors (Lipinski definition) is 1. The molecule has 0 spiro atoms. The van der Waals surface area contributed by atoms with Crippen molar-refractivity contribution in [2.24, 2.45) is 11.3 Å². The van der Waals surface area contributed by atoms with Crippen LogP contribution in [0.3, 0.4) is 0 Å². The van der Waals surface area contributed by atoms with E-state index in [1.54, 1.807) is 0 Å². The van der Waals surface area contributed by atoms with Gasteiger partial charge in [-0.05, 0) is 55.9 Å². The first-order valence-electron chi connectivity index (χ1n) is 10.8. The maximum absolute atomic E-state index is 7.73. The number of piperidine rings is 1. The van der Waals surface area contributed by atoms with Gasteiger partial charge < -0.3 is 14.9 Å². The summed E-state index contributed by atoms with van der Waals surface area (Å²) in [7, 11) is 0. The molecule has 2 fully saturated rings. The lowest BCUT2D eigenvalue weighted by atomic mass is 9.71. The zero-order valence-corrected chi connectivity index (χ0v) is 17.2. The van der Waals surface area contributed by atoms with E-state index in [0.29, 0.717) is 11.5 Å². The molecule has 1 saturated heterocycles. The average Bonchev–Trinajstić information content (AvgIpc) is 3.06. The Balaban J connectivity index is 1.40. The molecule has 0 atom stereocenters. The number of para-hydroxylation sites is 1. The summed E-state index contributed by atoms with van der Waals surface area (Å²) < 4.78 is 2.45. The number of rotatable bonds is 3. The number of benzene rings is 1. The Morgan fingerprint density at radius 3 is 2.22 bits per heavy atom. The van der Waals surface area contributed by atoms with E-state index in [-0.39, 0.29) is 0 Å². The molecular formula is C24H35N3. The van der Waals surface area contributed by atoms with Crippen LogP contribution in [0.25, 0.3) is 10.9 Å². The quantitative estimate of drug-likeness (QED) is 0.677. The fraction of sp³-hybridized carbons (Fsp3) is 0.625. The van der Waals surface area contributed by atoms with Crippen molar-refractivity contribution in [2.75, 3.05) is 13.1 Å². The number of nitrogens with one attached hydrogen (secondary N) is 1. The second-order valence-electron chi connectivity index (χ2n) is 9.79. The van der Waals surface area contributed by atoms with Crippen LogP contribution in [0.5, 0.6) is 0 Å². The van der Waals surface area contributed by atoms with Crippen LogP contribution >= 0.6 is 0 Å². The van der Waals surface area contributed by atoms with Crippen LogP contribution in [0.1, 0.15) is 70.9 Å². The van der Waals surface area contributed by atoms with Crippen molar-refractivity contribution in [3.8, 4) is 0 Å². The average molecular weight is 366 g/mol. The summed E-state index contributed by atoms with van der Waals surface area (Å²) in [5, 5.41) is 8.95. The number of hydrogen-bond acceptors (Lipinski definition) is 2. The number of fused-ring (bicyclic) bond motifs is 1. The Labute approximate surface area is 164 Å². The van der Waals surface area contributed by atoms with E-state index in [1.807, 2.05) is 0 Å². The molecule has 1 saturated carbocycles. The fourth-order valence-corrected chi connectivity index (χ4v) is 5.49. The van der Waals surface area contributed by atoms with Gasteiger partial charge in [0, 0.05) is 54.1 Å². The molecule has 0 amide bonds. The van der Waals surface area contributed by atoms with Gasteiger partial charge in [-0.2, -0.15) is 0 Å². The number of aromatic nitrogens is 1. The third-order valence-electron chi connectivity index (χ3n) is 7.26. The normalized spacial score (nSPS) is 25.7. The summed E-state index contributed by atoms with van der Waals surface area (Å²) in [6.07, 6.45) is 11.7. The van der Waals surface area contributed by atoms with E-state index in [9.17, 15) is 0 Å². The second kappa shape index (κ2) is 7.43. The Hall–Kier alpha value is -1.61. The first-order valence-corrected chi connectivity index (χ1v) is 10.8. The lowest BCUT2D eigenvalue weighted by Gasteiger charge is -2.43. The Morgan fingerprint density at radius 1 is 0.926 bits per heavy atom. The van der Waals surface area contributed by atoms with Crippen molar-refractivity contribution in [3.05, 3.63) is 36.0 Å². The molecule has 1 aromatic carbocycles. The highest BCUT2D eigenvalue weighted by atomic mass is 15.2. The number of likely N-dealkylation sites (tertiary alicyclic amines) is 1. The molecule has 0 bridgehead atoms. The van der Waals surface area contributed by atoms with Crippen molar-refractivity contribution >= 4 is 17.1 Å². The first-order chi connectivity index (χ1) is 13.0. The van der Waals surface area contributed by atoms with Gasteiger partial charge in [0.25, 0.3) is 0 Å². The lowest BCUT2D eigenvalue weighted by molar-refractivity contribution is 0.0723. The molecule has 1 aliphatic carbocycles. The van der Waals surface area contributed by atoms with Gasteiger partial charge in [-0.1, -0.05) is 39.0 Å². The largest absolute Gasteiger partial charge is 0.344 e. The molecular weight excluding hydrogens is 330 g/mol. The lowest BCUT2D eigenvalue weighted by Crippen LogP contribution is -2.44. The Kier molecular flexibility index (Phi) is 5.15. The highest BCUT2D eigenvalue weighted by Gasteiger charge is 2.33. The van der Waals surface area contributed by atoms with E-state index in [2.05, 4.69) is 60.7 Å². The Bertz CT molecular complexity index is 782. The van der Waals surface area contributed by atoms with E-state index < -0.39 is 0 Å². The van der Waals surface area contributed by atoms with Crippen molar-refractivity contribution < 1.29 is 0 Å².